The maximum absolute atomic E-state index is 13.7. The molecule has 2 aliphatic rings. The van der Waals surface area contributed by atoms with Crippen molar-refractivity contribution in [2.45, 2.75) is 36.2 Å². The molecule has 19 heavy (non-hydrogen) atoms. The van der Waals surface area contributed by atoms with Gasteiger partial charge in [-0.25, -0.2) is 17.2 Å². The monoisotopic (exact) mass is 285 g/mol. The van der Waals surface area contributed by atoms with Crippen LogP contribution in [-0.2, 0) is 10.0 Å². The van der Waals surface area contributed by atoms with Crippen LogP contribution in [0.15, 0.2) is 35.2 Å². The van der Waals surface area contributed by atoms with E-state index in [1.54, 1.807) is 6.08 Å². The van der Waals surface area contributed by atoms with E-state index in [2.05, 4.69) is 0 Å². The Bertz CT molecular complexity index is 622. The second kappa shape index (κ2) is 4.38. The third kappa shape index (κ3) is 1.90. The lowest BCUT2D eigenvalue weighted by molar-refractivity contribution is 0.337. The van der Waals surface area contributed by atoms with Gasteiger partial charge in [0.1, 0.15) is 11.6 Å². The van der Waals surface area contributed by atoms with Gasteiger partial charge in [0, 0.05) is 12.1 Å². The third-order valence-corrected chi connectivity index (χ3v) is 5.73. The van der Waals surface area contributed by atoms with Gasteiger partial charge in [0.2, 0.25) is 10.0 Å². The highest BCUT2D eigenvalue weighted by Crippen LogP contribution is 2.37. The molecule has 2 bridgehead atoms. The predicted octanol–water partition coefficient (Wildman–Crippen LogP) is 2.45. The molecule has 2 unspecified atom stereocenters. The Morgan fingerprint density at radius 2 is 1.84 bits per heavy atom. The molecule has 1 saturated heterocycles. The summed E-state index contributed by atoms with van der Waals surface area (Å²) < 4.78 is 53.7. The van der Waals surface area contributed by atoms with Crippen molar-refractivity contribution in [3.05, 3.63) is 42.0 Å². The molecule has 0 amide bonds. The van der Waals surface area contributed by atoms with Crippen LogP contribution in [0.4, 0.5) is 8.78 Å². The molecule has 1 fully saturated rings. The zero-order valence-corrected chi connectivity index (χ0v) is 10.9. The lowest BCUT2D eigenvalue weighted by Crippen LogP contribution is -2.42. The fraction of sp³-hybridized carbons (Fsp3) is 0.385. The maximum atomic E-state index is 13.7. The molecule has 0 saturated carbocycles. The summed E-state index contributed by atoms with van der Waals surface area (Å²) in [7, 11) is -4.13. The van der Waals surface area contributed by atoms with Gasteiger partial charge >= 0.3 is 0 Å². The summed E-state index contributed by atoms with van der Waals surface area (Å²) in [6.45, 7) is 0. The van der Waals surface area contributed by atoms with Crippen LogP contribution in [0.5, 0.6) is 0 Å². The maximum Gasteiger partial charge on any atom is 0.249 e. The fourth-order valence-corrected chi connectivity index (χ4v) is 4.85. The Hall–Kier alpha value is -1.27. The zero-order chi connectivity index (χ0) is 13.6. The average Bonchev–Trinajstić information content (AvgIpc) is 2.61. The number of fused-ring (bicyclic) bond motifs is 2. The first-order valence-corrected chi connectivity index (χ1v) is 7.60. The average molecular weight is 285 g/mol. The molecule has 1 aromatic carbocycles. The molecule has 3 rings (SSSR count). The van der Waals surface area contributed by atoms with Gasteiger partial charge in [-0.1, -0.05) is 18.2 Å². The van der Waals surface area contributed by atoms with E-state index in [0.717, 1.165) is 24.6 Å². The molecule has 2 heterocycles. The van der Waals surface area contributed by atoms with Crippen molar-refractivity contribution in [1.29, 1.82) is 0 Å². The summed E-state index contributed by atoms with van der Waals surface area (Å²) in [4.78, 5) is -0.831. The lowest BCUT2D eigenvalue weighted by Gasteiger charge is -2.30. The number of benzene rings is 1. The summed E-state index contributed by atoms with van der Waals surface area (Å²) >= 11 is 0. The Balaban J connectivity index is 2.12. The second-order valence-electron chi connectivity index (χ2n) is 4.85. The van der Waals surface area contributed by atoms with E-state index < -0.39 is 26.6 Å². The van der Waals surface area contributed by atoms with Gasteiger partial charge in [0.15, 0.2) is 4.90 Å². The summed E-state index contributed by atoms with van der Waals surface area (Å²) in [5.74, 6) is -2.07. The molecule has 3 nitrogen and oxygen atoms in total. The van der Waals surface area contributed by atoms with Crippen molar-refractivity contribution in [2.24, 2.45) is 0 Å². The Labute approximate surface area is 110 Å². The van der Waals surface area contributed by atoms with E-state index in [9.17, 15) is 17.2 Å². The molecule has 0 aromatic heterocycles. The van der Waals surface area contributed by atoms with Crippen LogP contribution in [0.1, 0.15) is 19.3 Å². The van der Waals surface area contributed by atoms with Gasteiger partial charge in [0.25, 0.3) is 0 Å². The third-order valence-electron chi connectivity index (χ3n) is 3.70. The van der Waals surface area contributed by atoms with Gasteiger partial charge in [-0.05, 0) is 31.4 Å². The molecule has 0 radical (unpaired) electrons. The predicted molar refractivity (Wildman–Crippen MR) is 65.9 cm³/mol. The van der Waals surface area contributed by atoms with E-state index in [1.807, 2.05) is 6.08 Å². The van der Waals surface area contributed by atoms with Crippen molar-refractivity contribution >= 4 is 10.0 Å². The molecular formula is C13H13F2NO2S. The van der Waals surface area contributed by atoms with Crippen LogP contribution in [0.25, 0.3) is 0 Å². The molecule has 0 N–H and O–H groups in total. The van der Waals surface area contributed by atoms with Crippen LogP contribution in [-0.4, -0.2) is 24.8 Å². The van der Waals surface area contributed by atoms with Gasteiger partial charge in [-0.15, -0.1) is 0 Å². The Morgan fingerprint density at radius 3 is 2.47 bits per heavy atom. The number of nitrogens with zero attached hydrogens (tertiary/aromatic N) is 1. The summed E-state index contributed by atoms with van der Waals surface area (Å²) in [6.07, 6.45) is 5.78. The smallest absolute Gasteiger partial charge is 0.207 e. The Morgan fingerprint density at radius 1 is 1.16 bits per heavy atom. The number of rotatable bonds is 2. The molecule has 6 heteroatoms. The first-order chi connectivity index (χ1) is 9.01. The fourth-order valence-electron chi connectivity index (χ4n) is 2.89. The van der Waals surface area contributed by atoms with Crippen LogP contribution in [0, 0.1) is 11.6 Å². The first-order valence-electron chi connectivity index (χ1n) is 6.16. The minimum absolute atomic E-state index is 0.181. The van der Waals surface area contributed by atoms with Gasteiger partial charge in [-0.3, -0.25) is 0 Å². The van der Waals surface area contributed by atoms with Gasteiger partial charge in [-0.2, -0.15) is 4.31 Å². The standard InChI is InChI=1S/C13H13F2NO2S/c14-11-5-2-6-12(15)13(11)19(17,18)16-9-3-1-4-10(16)8-7-9/h1-3,5-6,9-10H,4,7-8H2. The van der Waals surface area contributed by atoms with E-state index in [0.29, 0.717) is 12.8 Å². The zero-order valence-electron chi connectivity index (χ0n) is 10.1. The topological polar surface area (TPSA) is 37.4 Å². The summed E-state index contributed by atoms with van der Waals surface area (Å²) in [5, 5.41) is 0. The first kappa shape index (κ1) is 12.7. The van der Waals surface area contributed by atoms with Crippen LogP contribution >= 0.6 is 0 Å². The second-order valence-corrected chi connectivity index (χ2v) is 6.63. The number of halogens is 2. The molecule has 0 spiro atoms. The van der Waals surface area contributed by atoms with Crippen molar-refractivity contribution in [2.75, 3.05) is 0 Å². The number of hydrogen-bond donors (Lipinski definition) is 0. The molecular weight excluding hydrogens is 272 g/mol. The van der Waals surface area contributed by atoms with E-state index in [4.69, 9.17) is 0 Å². The van der Waals surface area contributed by atoms with Gasteiger partial charge in [0.05, 0.1) is 0 Å². The van der Waals surface area contributed by atoms with Crippen LogP contribution in [0.2, 0.25) is 0 Å². The Kier molecular flexibility index (Phi) is 2.94. The molecule has 2 atom stereocenters. The van der Waals surface area contributed by atoms with Gasteiger partial charge < -0.3 is 0 Å². The molecule has 2 aliphatic heterocycles. The molecule has 0 aliphatic carbocycles. The highest BCUT2D eigenvalue weighted by Gasteiger charge is 2.44. The van der Waals surface area contributed by atoms with E-state index in [1.165, 1.54) is 4.31 Å². The molecule has 102 valence electrons. The molecule has 1 aromatic rings. The SMILES string of the molecule is O=S(=O)(c1c(F)cccc1F)N1C2C=CCC1CC2. The normalized spacial score (nSPS) is 26.8. The summed E-state index contributed by atoms with van der Waals surface area (Å²) in [5.41, 5.74) is 0. The van der Waals surface area contributed by atoms with Crippen molar-refractivity contribution in [3.8, 4) is 0 Å². The van der Waals surface area contributed by atoms with Crippen molar-refractivity contribution < 1.29 is 17.2 Å². The van der Waals surface area contributed by atoms with E-state index >= 15 is 0 Å². The lowest BCUT2D eigenvalue weighted by atomic mass is 10.2. The minimum atomic E-state index is -4.13. The van der Waals surface area contributed by atoms with Crippen molar-refractivity contribution in [3.63, 3.8) is 0 Å². The van der Waals surface area contributed by atoms with Crippen molar-refractivity contribution in [1.82, 2.24) is 4.31 Å². The minimum Gasteiger partial charge on any atom is -0.207 e. The highest BCUT2D eigenvalue weighted by molar-refractivity contribution is 7.89. The quantitative estimate of drug-likeness (QED) is 0.783. The highest BCUT2D eigenvalue weighted by atomic mass is 32.2. The van der Waals surface area contributed by atoms with E-state index in [-0.39, 0.29) is 12.1 Å². The number of sulfonamides is 1. The summed E-state index contributed by atoms with van der Waals surface area (Å²) in [6, 6.07) is 2.64. The van der Waals surface area contributed by atoms with Crippen LogP contribution < -0.4 is 0 Å². The largest absolute Gasteiger partial charge is 0.249 e. The van der Waals surface area contributed by atoms with Crippen LogP contribution in [0.3, 0.4) is 0 Å². The number of hydrogen-bond acceptors (Lipinski definition) is 2.